The predicted molar refractivity (Wildman–Crippen MR) is 133 cm³/mol. The second-order valence-corrected chi connectivity index (χ2v) is 7.90. The zero-order valence-electron chi connectivity index (χ0n) is 18.8. The molecule has 0 aliphatic heterocycles. The number of nitrogens with one attached hydrogen (secondary N) is 1. The van der Waals surface area contributed by atoms with Crippen molar-refractivity contribution in [2.24, 2.45) is 0 Å². The van der Waals surface area contributed by atoms with Crippen LogP contribution in [-0.4, -0.2) is 16.7 Å². The topological polar surface area (TPSA) is 94.3 Å². The molecule has 0 saturated heterocycles. The molecule has 4 rings (SSSR count). The van der Waals surface area contributed by atoms with Gasteiger partial charge in [0.15, 0.2) is 5.78 Å². The first-order chi connectivity index (χ1) is 16.5. The van der Waals surface area contributed by atoms with Crippen LogP contribution in [0.15, 0.2) is 91.0 Å². The third kappa shape index (κ3) is 5.48. The van der Waals surface area contributed by atoms with E-state index in [4.69, 9.17) is 10.6 Å². The van der Waals surface area contributed by atoms with Gasteiger partial charge in [0.2, 0.25) is 0 Å². The van der Waals surface area contributed by atoms with Gasteiger partial charge in [-0.3, -0.25) is 9.78 Å². The number of aryl methyl sites for hydroxylation is 2. The highest BCUT2D eigenvalue weighted by atomic mass is 16.7. The summed E-state index contributed by atoms with van der Waals surface area (Å²) in [6.45, 7) is 1.92. The van der Waals surface area contributed by atoms with E-state index >= 15 is 0 Å². The molecule has 170 valence electrons. The number of carbonyl (C=O) groups excluding carboxylic acids is 2. The lowest BCUT2D eigenvalue weighted by atomic mass is 10.0. The molecular formula is C28H25N3O3. The number of rotatable bonds is 8. The van der Waals surface area contributed by atoms with Crippen molar-refractivity contribution in [2.75, 3.05) is 11.2 Å². The second-order valence-electron chi connectivity index (χ2n) is 7.90. The first-order valence-electron chi connectivity index (χ1n) is 11.0. The number of para-hydroxylation sites is 1. The Labute approximate surface area is 198 Å². The summed E-state index contributed by atoms with van der Waals surface area (Å²) in [5.74, 6) is -0.570. The van der Waals surface area contributed by atoms with Crippen molar-refractivity contribution in [3.8, 4) is 11.3 Å². The number of anilines is 2. The van der Waals surface area contributed by atoms with Crippen molar-refractivity contribution in [1.82, 2.24) is 4.98 Å². The Hall–Kier alpha value is -4.45. The number of ketones is 1. The Kier molecular flexibility index (Phi) is 6.98. The van der Waals surface area contributed by atoms with Gasteiger partial charge >= 0.3 is 5.97 Å². The summed E-state index contributed by atoms with van der Waals surface area (Å²) in [5.41, 5.74) is 14.3. The lowest BCUT2D eigenvalue weighted by Crippen LogP contribution is -2.14. The number of nitrogens with two attached hydrogens (primary N) is 1. The van der Waals surface area contributed by atoms with Crippen molar-refractivity contribution in [3.63, 3.8) is 0 Å². The van der Waals surface area contributed by atoms with Gasteiger partial charge in [-0.15, -0.1) is 0 Å². The summed E-state index contributed by atoms with van der Waals surface area (Å²) in [6, 6.07) is 27.4. The molecule has 0 spiro atoms. The van der Waals surface area contributed by atoms with Crippen molar-refractivity contribution < 1.29 is 14.4 Å². The maximum atomic E-state index is 12.8. The van der Waals surface area contributed by atoms with E-state index in [1.165, 1.54) is 0 Å². The number of nitrogen functional groups attached to an aromatic ring is 1. The molecule has 0 bridgehead atoms. The average Bonchev–Trinajstić information content (AvgIpc) is 2.88. The Morgan fingerprint density at radius 1 is 0.882 bits per heavy atom. The van der Waals surface area contributed by atoms with Crippen LogP contribution in [0.1, 0.15) is 33.6 Å². The highest BCUT2D eigenvalue weighted by Gasteiger charge is 2.14. The molecule has 0 aliphatic rings. The number of hydrogen-bond acceptors (Lipinski definition) is 6. The van der Waals surface area contributed by atoms with Crippen molar-refractivity contribution >= 4 is 23.1 Å². The van der Waals surface area contributed by atoms with Crippen LogP contribution in [0.2, 0.25) is 0 Å². The van der Waals surface area contributed by atoms with E-state index in [9.17, 15) is 9.59 Å². The molecule has 3 aromatic carbocycles. The Morgan fingerprint density at radius 3 is 2.35 bits per heavy atom. The fourth-order valence-corrected chi connectivity index (χ4v) is 3.55. The summed E-state index contributed by atoms with van der Waals surface area (Å²) < 4.78 is 0. The maximum absolute atomic E-state index is 12.8. The van der Waals surface area contributed by atoms with Crippen LogP contribution in [-0.2, 0) is 16.1 Å². The van der Waals surface area contributed by atoms with E-state index in [0.29, 0.717) is 28.9 Å². The molecule has 3 N–H and O–H groups in total. The van der Waals surface area contributed by atoms with E-state index in [1.807, 2.05) is 61.5 Å². The van der Waals surface area contributed by atoms with Crippen LogP contribution in [0.3, 0.4) is 0 Å². The van der Waals surface area contributed by atoms with Gasteiger partial charge in [-0.2, -0.15) is 0 Å². The third-order valence-corrected chi connectivity index (χ3v) is 5.39. The molecule has 6 nitrogen and oxygen atoms in total. The van der Waals surface area contributed by atoms with Crippen molar-refractivity contribution in [1.29, 1.82) is 0 Å². The zero-order chi connectivity index (χ0) is 23.9. The van der Waals surface area contributed by atoms with Crippen molar-refractivity contribution in [3.05, 3.63) is 113 Å². The molecule has 6 heteroatoms. The quantitative estimate of drug-likeness (QED) is 0.276. The highest BCUT2D eigenvalue weighted by Crippen LogP contribution is 2.24. The molecule has 0 radical (unpaired) electrons. The highest BCUT2D eigenvalue weighted by molar-refractivity contribution is 6.12. The molecule has 0 atom stereocenters. The summed E-state index contributed by atoms with van der Waals surface area (Å²) in [6.07, 6.45) is 0.702. The minimum Gasteiger partial charge on any atom is -0.397 e. The molecule has 0 unspecified atom stereocenters. The van der Waals surface area contributed by atoms with E-state index in [1.54, 1.807) is 36.4 Å². The lowest BCUT2D eigenvalue weighted by Gasteiger charge is -2.11. The average molecular weight is 452 g/mol. The van der Waals surface area contributed by atoms with Gasteiger partial charge in [-0.05, 0) is 43.2 Å². The second kappa shape index (κ2) is 10.4. The summed E-state index contributed by atoms with van der Waals surface area (Å²) in [7, 11) is 0. The zero-order valence-corrected chi connectivity index (χ0v) is 18.8. The van der Waals surface area contributed by atoms with Gasteiger partial charge in [0.05, 0.1) is 23.5 Å². The molecule has 4 aromatic rings. The Balaban J connectivity index is 1.34. The van der Waals surface area contributed by atoms with Crippen LogP contribution in [0.4, 0.5) is 11.4 Å². The minimum atomic E-state index is -0.421. The number of carbonyl (C=O) groups is 2. The fraction of sp³-hybridized carbons (Fsp3) is 0.107. The van der Waals surface area contributed by atoms with Crippen LogP contribution >= 0.6 is 0 Å². The number of aromatic nitrogens is 1. The van der Waals surface area contributed by atoms with Crippen LogP contribution in [0.5, 0.6) is 0 Å². The van der Waals surface area contributed by atoms with E-state index < -0.39 is 5.97 Å². The molecule has 0 aliphatic carbocycles. The molecule has 0 saturated carbocycles. The van der Waals surface area contributed by atoms with Gasteiger partial charge in [-0.25, -0.2) is 10.3 Å². The van der Waals surface area contributed by atoms with Gasteiger partial charge in [0.25, 0.3) is 0 Å². The molecule has 0 amide bonds. The first-order valence-corrected chi connectivity index (χ1v) is 11.0. The molecule has 34 heavy (non-hydrogen) atoms. The third-order valence-electron chi connectivity index (χ3n) is 5.39. The lowest BCUT2D eigenvalue weighted by molar-refractivity contribution is -0.140. The number of pyridine rings is 1. The standard InChI is InChI=1S/C28H25N3O3/c1-19-11-17-24(29)27(30-19)21-15-12-20(13-16-21)14-18-26(32)34-31-25-10-6-5-9-23(25)28(33)22-7-3-2-4-8-22/h2-13,15-17,31H,14,18,29H2,1H3. The van der Waals surface area contributed by atoms with E-state index in [-0.39, 0.29) is 12.2 Å². The Morgan fingerprint density at radius 2 is 1.59 bits per heavy atom. The predicted octanol–water partition coefficient (Wildman–Crippen LogP) is 5.37. The SMILES string of the molecule is Cc1ccc(N)c(-c2ccc(CCC(=O)ONc3ccccc3C(=O)c3ccccc3)cc2)n1. The molecular weight excluding hydrogens is 426 g/mol. The van der Waals surface area contributed by atoms with Crippen LogP contribution < -0.4 is 11.2 Å². The smallest absolute Gasteiger partial charge is 0.332 e. The molecule has 1 aromatic heterocycles. The number of hydrogen-bond donors (Lipinski definition) is 2. The van der Waals surface area contributed by atoms with Gasteiger partial charge in [0, 0.05) is 22.4 Å². The first kappa shape index (κ1) is 22.7. The largest absolute Gasteiger partial charge is 0.397 e. The summed E-state index contributed by atoms with van der Waals surface area (Å²) in [4.78, 5) is 34.9. The normalized spacial score (nSPS) is 10.5. The van der Waals surface area contributed by atoms with Crippen LogP contribution in [0.25, 0.3) is 11.3 Å². The maximum Gasteiger partial charge on any atom is 0.332 e. The molecule has 1 heterocycles. The Bertz CT molecular complexity index is 1300. The van der Waals surface area contributed by atoms with Crippen LogP contribution in [0, 0.1) is 6.92 Å². The van der Waals surface area contributed by atoms with Gasteiger partial charge < -0.3 is 10.6 Å². The summed E-state index contributed by atoms with van der Waals surface area (Å²) in [5, 5.41) is 0. The van der Waals surface area contributed by atoms with Gasteiger partial charge in [0.1, 0.15) is 0 Å². The molecule has 0 fully saturated rings. The van der Waals surface area contributed by atoms with Gasteiger partial charge in [-0.1, -0.05) is 66.7 Å². The fourth-order valence-electron chi connectivity index (χ4n) is 3.55. The van der Waals surface area contributed by atoms with E-state index in [0.717, 1.165) is 22.5 Å². The van der Waals surface area contributed by atoms with Crippen molar-refractivity contribution in [2.45, 2.75) is 19.8 Å². The number of nitrogens with zero attached hydrogens (tertiary/aromatic N) is 1. The number of benzene rings is 3. The summed E-state index contributed by atoms with van der Waals surface area (Å²) >= 11 is 0. The minimum absolute atomic E-state index is 0.149. The van der Waals surface area contributed by atoms with E-state index in [2.05, 4.69) is 10.5 Å². The monoisotopic (exact) mass is 451 g/mol.